The summed E-state index contributed by atoms with van der Waals surface area (Å²) in [6.45, 7) is 4.69. The van der Waals surface area contributed by atoms with E-state index in [9.17, 15) is 10.1 Å². The van der Waals surface area contributed by atoms with Crippen LogP contribution in [0.3, 0.4) is 0 Å². The van der Waals surface area contributed by atoms with Gasteiger partial charge >= 0.3 is 0 Å². The van der Waals surface area contributed by atoms with Gasteiger partial charge in [0.15, 0.2) is 0 Å². The van der Waals surface area contributed by atoms with Gasteiger partial charge in [-0.25, -0.2) is 0 Å². The normalized spacial score (nSPS) is 17.9. The number of piperazine rings is 1. The van der Waals surface area contributed by atoms with Crippen LogP contribution in [0.2, 0.25) is 0 Å². The molecule has 1 aromatic heterocycles. The molecule has 5 heteroatoms. The average Bonchev–Trinajstić information content (AvgIpc) is 3.17. The third kappa shape index (κ3) is 3.34. The van der Waals surface area contributed by atoms with E-state index in [1.54, 1.807) is 0 Å². The Morgan fingerprint density at radius 2 is 1.67 bits per heavy atom. The highest BCUT2D eigenvalue weighted by Gasteiger charge is 2.29. The first-order valence-electron chi connectivity index (χ1n) is 8.30. The van der Waals surface area contributed by atoms with Crippen LogP contribution in [0, 0.1) is 11.3 Å². The fraction of sp³-hybridized carbons (Fsp3) is 0.368. The summed E-state index contributed by atoms with van der Waals surface area (Å²) in [6.07, 6.45) is 3.83. The van der Waals surface area contributed by atoms with Crippen molar-refractivity contribution in [3.63, 3.8) is 0 Å². The van der Waals surface area contributed by atoms with Gasteiger partial charge in [-0.1, -0.05) is 30.3 Å². The maximum atomic E-state index is 12.6. The van der Waals surface area contributed by atoms with Crippen LogP contribution < -0.4 is 0 Å². The second-order valence-electron chi connectivity index (χ2n) is 6.11. The molecule has 0 radical (unpaired) electrons. The molecule has 124 valence electrons. The Morgan fingerprint density at radius 3 is 2.25 bits per heavy atom. The lowest BCUT2D eigenvalue weighted by molar-refractivity contribution is -0.136. The number of carbonyl (C=O) groups is 1. The molecule has 1 amide bonds. The minimum atomic E-state index is -0.245. The van der Waals surface area contributed by atoms with Crippen molar-refractivity contribution in [3.05, 3.63) is 60.4 Å². The van der Waals surface area contributed by atoms with Crippen LogP contribution in [0.1, 0.15) is 24.6 Å². The van der Waals surface area contributed by atoms with Gasteiger partial charge in [0.25, 0.3) is 0 Å². The van der Waals surface area contributed by atoms with Crippen LogP contribution in [-0.4, -0.2) is 46.5 Å². The van der Waals surface area contributed by atoms with Gasteiger partial charge < -0.3 is 9.47 Å². The van der Waals surface area contributed by atoms with Crippen LogP contribution in [0.4, 0.5) is 0 Å². The summed E-state index contributed by atoms with van der Waals surface area (Å²) < 4.78 is 1.93. The van der Waals surface area contributed by atoms with E-state index in [1.165, 1.54) is 0 Å². The van der Waals surface area contributed by atoms with Gasteiger partial charge in [0, 0.05) is 38.6 Å². The summed E-state index contributed by atoms with van der Waals surface area (Å²) in [4.78, 5) is 16.7. The lowest BCUT2D eigenvalue weighted by Crippen LogP contribution is -2.50. The van der Waals surface area contributed by atoms with E-state index in [1.807, 2.05) is 71.2 Å². The van der Waals surface area contributed by atoms with Crippen molar-refractivity contribution in [2.24, 2.45) is 0 Å². The molecule has 1 fully saturated rings. The van der Waals surface area contributed by atoms with E-state index in [2.05, 4.69) is 11.0 Å². The minimum absolute atomic E-state index is 0.138. The van der Waals surface area contributed by atoms with E-state index >= 15 is 0 Å². The number of rotatable bonds is 4. The molecule has 24 heavy (non-hydrogen) atoms. The Bertz CT molecular complexity index is 697. The fourth-order valence-corrected chi connectivity index (χ4v) is 3.20. The number of aromatic nitrogens is 1. The zero-order valence-electron chi connectivity index (χ0n) is 13.9. The van der Waals surface area contributed by atoms with Crippen LogP contribution >= 0.6 is 0 Å². The smallest absolute Gasteiger partial charge is 0.245 e. The summed E-state index contributed by atoms with van der Waals surface area (Å²) in [5.41, 5.74) is 1.01. The molecule has 0 aliphatic carbocycles. The van der Waals surface area contributed by atoms with Gasteiger partial charge in [0.1, 0.15) is 12.1 Å². The summed E-state index contributed by atoms with van der Waals surface area (Å²) in [5, 5.41) is 9.54. The number of benzene rings is 1. The largest absolute Gasteiger partial charge is 0.342 e. The molecule has 3 rings (SSSR count). The van der Waals surface area contributed by atoms with Crippen LogP contribution in [0.15, 0.2) is 54.9 Å². The van der Waals surface area contributed by atoms with E-state index in [4.69, 9.17) is 0 Å². The molecule has 0 spiro atoms. The summed E-state index contributed by atoms with van der Waals surface area (Å²) in [5.74, 6) is 0.138. The Balaban J connectivity index is 1.61. The van der Waals surface area contributed by atoms with Gasteiger partial charge in [0.05, 0.1) is 6.07 Å². The van der Waals surface area contributed by atoms with Crippen molar-refractivity contribution in [3.8, 4) is 6.07 Å². The fourth-order valence-electron chi connectivity index (χ4n) is 3.20. The SMILES string of the molecule is C[C@@H](C(=O)N1CCN([C@H](C#N)c2ccccc2)CC1)n1cccc1. The lowest BCUT2D eigenvalue weighted by Gasteiger charge is -2.38. The van der Waals surface area contributed by atoms with Crippen LogP contribution in [0.5, 0.6) is 0 Å². The first-order valence-corrected chi connectivity index (χ1v) is 8.30. The maximum absolute atomic E-state index is 12.6. The second kappa shape index (κ2) is 7.33. The topological polar surface area (TPSA) is 52.3 Å². The summed E-state index contributed by atoms with van der Waals surface area (Å²) in [7, 11) is 0. The van der Waals surface area contributed by atoms with E-state index < -0.39 is 0 Å². The molecular formula is C19H22N4O. The summed E-state index contributed by atoms with van der Waals surface area (Å²) >= 11 is 0. The summed E-state index contributed by atoms with van der Waals surface area (Å²) in [6, 6.07) is 15.7. The molecule has 0 saturated carbocycles. The molecule has 0 unspecified atom stereocenters. The number of nitrogens with zero attached hydrogens (tertiary/aromatic N) is 4. The predicted molar refractivity (Wildman–Crippen MR) is 92.1 cm³/mol. The molecule has 2 aromatic rings. The van der Waals surface area contributed by atoms with Crippen LogP contribution in [-0.2, 0) is 4.79 Å². The number of hydrogen-bond acceptors (Lipinski definition) is 3. The van der Waals surface area contributed by atoms with Crippen molar-refractivity contribution in [1.82, 2.24) is 14.4 Å². The van der Waals surface area contributed by atoms with E-state index in [-0.39, 0.29) is 18.0 Å². The first kappa shape index (κ1) is 16.3. The Kier molecular flexibility index (Phi) is 4.97. The molecule has 0 bridgehead atoms. The average molecular weight is 322 g/mol. The Hall–Kier alpha value is -2.58. The monoisotopic (exact) mass is 322 g/mol. The first-order chi connectivity index (χ1) is 11.7. The van der Waals surface area contributed by atoms with Crippen molar-refractivity contribution < 1.29 is 4.79 Å². The van der Waals surface area contributed by atoms with Gasteiger partial charge in [0.2, 0.25) is 5.91 Å². The van der Waals surface area contributed by atoms with Gasteiger partial charge in [-0.15, -0.1) is 0 Å². The van der Waals surface area contributed by atoms with Crippen LogP contribution in [0.25, 0.3) is 0 Å². The zero-order chi connectivity index (χ0) is 16.9. The standard InChI is InChI=1S/C19H22N4O/c1-16(21-9-5-6-10-21)19(24)23-13-11-22(12-14-23)18(15-20)17-7-3-2-4-8-17/h2-10,16,18H,11-14H2,1H3/t16-,18+/m0/s1. The van der Waals surface area contributed by atoms with Gasteiger partial charge in [-0.3, -0.25) is 9.69 Å². The van der Waals surface area contributed by atoms with E-state index in [0.29, 0.717) is 13.1 Å². The second-order valence-corrected chi connectivity index (χ2v) is 6.11. The molecule has 2 atom stereocenters. The van der Waals surface area contributed by atoms with E-state index in [0.717, 1.165) is 18.7 Å². The third-order valence-electron chi connectivity index (χ3n) is 4.66. The highest BCUT2D eigenvalue weighted by molar-refractivity contribution is 5.80. The molecule has 2 heterocycles. The zero-order valence-corrected chi connectivity index (χ0v) is 13.9. The number of nitriles is 1. The molecule has 1 saturated heterocycles. The lowest BCUT2D eigenvalue weighted by atomic mass is 10.1. The van der Waals surface area contributed by atoms with Crippen molar-refractivity contribution in [2.75, 3.05) is 26.2 Å². The Morgan fingerprint density at radius 1 is 1.04 bits per heavy atom. The highest BCUT2D eigenvalue weighted by atomic mass is 16.2. The molecular weight excluding hydrogens is 300 g/mol. The highest BCUT2D eigenvalue weighted by Crippen LogP contribution is 2.22. The molecule has 5 nitrogen and oxygen atoms in total. The predicted octanol–water partition coefficient (Wildman–Crippen LogP) is 2.46. The minimum Gasteiger partial charge on any atom is -0.342 e. The van der Waals surface area contributed by atoms with Crippen molar-refractivity contribution in [2.45, 2.75) is 19.0 Å². The van der Waals surface area contributed by atoms with Crippen molar-refractivity contribution >= 4 is 5.91 Å². The quantitative estimate of drug-likeness (QED) is 0.869. The molecule has 0 N–H and O–H groups in total. The molecule has 1 aliphatic rings. The van der Waals surface area contributed by atoms with Gasteiger partial charge in [-0.05, 0) is 24.6 Å². The Labute approximate surface area is 142 Å². The number of hydrogen-bond donors (Lipinski definition) is 0. The van der Waals surface area contributed by atoms with Crippen molar-refractivity contribution in [1.29, 1.82) is 5.26 Å². The third-order valence-corrected chi connectivity index (χ3v) is 4.66. The number of carbonyl (C=O) groups excluding carboxylic acids is 1. The molecule has 1 aliphatic heterocycles. The number of amides is 1. The van der Waals surface area contributed by atoms with Gasteiger partial charge in [-0.2, -0.15) is 5.26 Å². The molecule has 1 aromatic carbocycles. The maximum Gasteiger partial charge on any atom is 0.245 e.